The molecule has 0 heterocycles. The third kappa shape index (κ3) is 29.6. The molecule has 0 radical (unpaired) electrons. The summed E-state index contributed by atoms with van der Waals surface area (Å²) in [5.41, 5.74) is 0. The van der Waals surface area contributed by atoms with Gasteiger partial charge in [-0.15, -0.1) is 0 Å². The van der Waals surface area contributed by atoms with Crippen molar-refractivity contribution in [2.24, 2.45) is 0 Å². The maximum atomic E-state index is 12.2. The number of esters is 1. The van der Waals surface area contributed by atoms with Crippen molar-refractivity contribution in [3.05, 3.63) is 0 Å². The Morgan fingerprint density at radius 2 is 1.02 bits per heavy atom. The van der Waals surface area contributed by atoms with E-state index in [4.69, 9.17) is 13.8 Å². The highest BCUT2D eigenvalue weighted by molar-refractivity contribution is 7.47. The van der Waals surface area contributed by atoms with Gasteiger partial charge in [0.2, 0.25) is 5.91 Å². The lowest BCUT2D eigenvalue weighted by molar-refractivity contribution is -0.147. The van der Waals surface area contributed by atoms with Crippen LogP contribution in [0.25, 0.3) is 0 Å². The van der Waals surface area contributed by atoms with E-state index in [-0.39, 0.29) is 12.8 Å². The fourth-order valence-electron chi connectivity index (χ4n) is 4.84. The fourth-order valence-corrected chi connectivity index (χ4v) is 5.62. The monoisotopic (exact) mass is 665 g/mol. The van der Waals surface area contributed by atoms with Crippen molar-refractivity contribution >= 4 is 25.7 Å². The molecule has 4 N–H and O–H groups in total. The van der Waals surface area contributed by atoms with E-state index in [2.05, 4.69) is 19.2 Å². The smallest absolute Gasteiger partial charge is 0.472 e. The van der Waals surface area contributed by atoms with Gasteiger partial charge in [0.15, 0.2) is 6.04 Å². The number of carbonyl (C=O) groups is 3. The molecule has 11 nitrogen and oxygen atoms in total. The number of amides is 1. The molecule has 0 bridgehead atoms. The summed E-state index contributed by atoms with van der Waals surface area (Å²) in [6.07, 6.45) is 22.9. The summed E-state index contributed by atoms with van der Waals surface area (Å²) in [4.78, 5) is 45.5. The average Bonchev–Trinajstić information content (AvgIpc) is 3.00. The molecular formula is C33H64NO10P. The van der Waals surface area contributed by atoms with Crippen LogP contribution in [-0.2, 0) is 32.7 Å². The number of hydrogen-bond acceptors (Lipinski definition) is 8. The molecule has 0 aromatic heterocycles. The molecule has 12 heteroatoms. The normalized spacial score (nSPS) is 14.0. The summed E-state index contributed by atoms with van der Waals surface area (Å²) in [5, 5.41) is 21.6. The molecule has 0 fully saturated rings. The van der Waals surface area contributed by atoms with Crippen molar-refractivity contribution in [3.63, 3.8) is 0 Å². The predicted molar refractivity (Wildman–Crippen MR) is 176 cm³/mol. The van der Waals surface area contributed by atoms with Gasteiger partial charge < -0.3 is 25.2 Å². The van der Waals surface area contributed by atoms with Gasteiger partial charge in [0, 0.05) is 12.8 Å². The molecule has 3 atom stereocenters. The molecule has 0 rings (SSSR count). The van der Waals surface area contributed by atoms with Crippen LogP contribution in [0.4, 0.5) is 0 Å². The van der Waals surface area contributed by atoms with E-state index < -0.39 is 57.6 Å². The largest absolute Gasteiger partial charge is 0.480 e. The number of aliphatic hydroxyl groups excluding tert-OH is 1. The number of carboxylic acid groups (broad SMARTS) is 1. The van der Waals surface area contributed by atoms with Crippen LogP contribution >= 0.6 is 7.82 Å². The van der Waals surface area contributed by atoms with Gasteiger partial charge >= 0.3 is 19.8 Å². The number of ether oxygens (including phenoxy) is 1. The Hall–Kier alpha value is -1.52. The highest BCUT2D eigenvalue weighted by Gasteiger charge is 2.28. The summed E-state index contributed by atoms with van der Waals surface area (Å²) in [7, 11) is -4.73. The van der Waals surface area contributed by atoms with Crippen LogP contribution in [0, 0.1) is 0 Å². The van der Waals surface area contributed by atoms with Crippen molar-refractivity contribution in [3.8, 4) is 0 Å². The molecular weight excluding hydrogens is 601 g/mol. The summed E-state index contributed by atoms with van der Waals surface area (Å²) < 4.78 is 26.6. The van der Waals surface area contributed by atoms with E-state index >= 15 is 0 Å². The summed E-state index contributed by atoms with van der Waals surface area (Å²) in [6.45, 7) is 2.53. The first-order valence-corrected chi connectivity index (χ1v) is 19.1. The van der Waals surface area contributed by atoms with Crippen molar-refractivity contribution in [1.29, 1.82) is 0 Å². The Labute approximate surface area is 272 Å². The van der Waals surface area contributed by atoms with Crippen LogP contribution in [0.15, 0.2) is 0 Å². The first kappa shape index (κ1) is 43.5. The second kappa shape index (κ2) is 29.9. The molecule has 0 aromatic carbocycles. The lowest BCUT2D eigenvalue weighted by Gasteiger charge is -2.18. The van der Waals surface area contributed by atoms with Crippen LogP contribution < -0.4 is 5.32 Å². The number of carbonyl (C=O) groups excluding carboxylic acids is 2. The minimum absolute atomic E-state index is 0.151. The Kier molecular flexibility index (Phi) is 28.8. The van der Waals surface area contributed by atoms with Gasteiger partial charge in [0.1, 0.15) is 12.7 Å². The topological polar surface area (TPSA) is 169 Å². The van der Waals surface area contributed by atoms with Crippen molar-refractivity contribution < 1.29 is 47.8 Å². The van der Waals surface area contributed by atoms with Crippen molar-refractivity contribution in [2.45, 2.75) is 174 Å². The zero-order chi connectivity index (χ0) is 33.6. The van der Waals surface area contributed by atoms with E-state index in [0.29, 0.717) is 12.8 Å². The van der Waals surface area contributed by atoms with Gasteiger partial charge in [-0.3, -0.25) is 18.6 Å². The molecule has 0 saturated heterocycles. The van der Waals surface area contributed by atoms with Crippen molar-refractivity contribution in [2.75, 3.05) is 19.8 Å². The number of carboxylic acids is 1. The Bertz CT molecular complexity index is 797. The quantitative estimate of drug-likeness (QED) is 0.0311. The number of hydrogen-bond donors (Lipinski definition) is 4. The molecule has 1 amide bonds. The molecule has 0 aliphatic heterocycles. The van der Waals surface area contributed by atoms with Crippen LogP contribution in [0.5, 0.6) is 0 Å². The van der Waals surface area contributed by atoms with Crippen LogP contribution in [0.2, 0.25) is 0 Å². The van der Waals surface area contributed by atoms with Crippen LogP contribution in [-0.4, -0.2) is 64.9 Å². The fraction of sp³-hybridized carbons (Fsp3) is 0.909. The SMILES string of the molecule is CCCCCCCCCCCCCCC(=O)NC(COP(=O)(O)OCC(O)COC(=O)CCCCCCCCCCC)C(=O)O. The van der Waals surface area contributed by atoms with Crippen LogP contribution in [0.1, 0.15) is 162 Å². The number of phosphoric ester groups is 1. The third-order valence-corrected chi connectivity index (χ3v) is 8.60. The maximum absolute atomic E-state index is 12.2. The molecule has 0 saturated carbocycles. The Balaban J connectivity index is 4.00. The number of unbranched alkanes of at least 4 members (excludes halogenated alkanes) is 19. The molecule has 0 spiro atoms. The number of rotatable bonds is 33. The highest BCUT2D eigenvalue weighted by atomic mass is 31.2. The first-order chi connectivity index (χ1) is 21.6. The number of aliphatic carboxylic acids is 1. The molecule has 0 aliphatic rings. The van der Waals surface area contributed by atoms with Crippen molar-refractivity contribution in [1.82, 2.24) is 5.32 Å². The van der Waals surface area contributed by atoms with E-state index in [1.807, 2.05) is 0 Å². The number of phosphoric acid groups is 1. The highest BCUT2D eigenvalue weighted by Crippen LogP contribution is 2.43. The second-order valence-electron chi connectivity index (χ2n) is 12.1. The lowest BCUT2D eigenvalue weighted by Crippen LogP contribution is -2.43. The lowest BCUT2D eigenvalue weighted by atomic mass is 10.0. The molecule has 0 aromatic rings. The van der Waals surface area contributed by atoms with Gasteiger partial charge in [-0.2, -0.15) is 0 Å². The predicted octanol–water partition coefficient (Wildman–Crippen LogP) is 7.61. The van der Waals surface area contributed by atoms with Gasteiger partial charge in [-0.1, -0.05) is 136 Å². The third-order valence-electron chi connectivity index (χ3n) is 7.65. The number of aliphatic hydroxyl groups is 1. The summed E-state index contributed by atoms with van der Waals surface area (Å²) >= 11 is 0. The maximum Gasteiger partial charge on any atom is 0.472 e. The summed E-state index contributed by atoms with van der Waals surface area (Å²) in [5.74, 6) is -2.37. The van der Waals surface area contributed by atoms with E-state index in [1.54, 1.807) is 0 Å². The molecule has 0 aliphatic carbocycles. The Morgan fingerprint density at radius 3 is 1.47 bits per heavy atom. The minimum Gasteiger partial charge on any atom is -0.480 e. The molecule has 45 heavy (non-hydrogen) atoms. The average molecular weight is 666 g/mol. The zero-order valence-corrected chi connectivity index (χ0v) is 29.1. The van der Waals surface area contributed by atoms with E-state index in [0.717, 1.165) is 38.5 Å². The number of nitrogens with one attached hydrogen (secondary N) is 1. The zero-order valence-electron chi connectivity index (χ0n) is 28.2. The molecule has 3 unspecified atom stereocenters. The van der Waals surface area contributed by atoms with E-state index in [9.17, 15) is 34.1 Å². The standard InChI is InChI=1S/C33H64NO10P/c1-3-5-7-9-11-13-14-15-17-18-20-22-24-31(36)34-30(33(38)39)28-44-45(40,41)43-27-29(35)26-42-32(37)25-23-21-19-16-12-10-8-6-4-2/h29-30,35H,3-28H2,1-2H3,(H,34,36)(H,38,39)(H,40,41). The van der Waals surface area contributed by atoms with Gasteiger partial charge in [-0.05, 0) is 12.8 Å². The molecule has 266 valence electrons. The Morgan fingerprint density at radius 1 is 0.622 bits per heavy atom. The minimum atomic E-state index is -4.73. The van der Waals surface area contributed by atoms with Crippen LogP contribution in [0.3, 0.4) is 0 Å². The van der Waals surface area contributed by atoms with Gasteiger partial charge in [0.25, 0.3) is 0 Å². The van der Waals surface area contributed by atoms with Gasteiger partial charge in [0.05, 0.1) is 13.2 Å². The van der Waals surface area contributed by atoms with Gasteiger partial charge in [-0.25, -0.2) is 9.36 Å². The summed E-state index contributed by atoms with van der Waals surface area (Å²) in [6, 6.07) is -1.54. The van der Waals surface area contributed by atoms with E-state index in [1.165, 1.54) is 83.5 Å². The second-order valence-corrected chi connectivity index (χ2v) is 13.5. The first-order valence-electron chi connectivity index (χ1n) is 17.6.